The van der Waals surface area contributed by atoms with E-state index in [2.05, 4.69) is 0 Å². The predicted octanol–water partition coefficient (Wildman–Crippen LogP) is 2.59. The molecule has 0 amide bonds. The Morgan fingerprint density at radius 2 is 1.42 bits per heavy atom. The van der Waals surface area contributed by atoms with Crippen LogP contribution in [0.15, 0.2) is 60.7 Å². The summed E-state index contributed by atoms with van der Waals surface area (Å²) in [5.74, 6) is -0.966. The largest absolute Gasteiger partial charge is 0.480 e. The van der Waals surface area contributed by atoms with Crippen molar-refractivity contribution >= 4 is 5.97 Å². The van der Waals surface area contributed by atoms with E-state index in [0.29, 0.717) is 0 Å². The molecule has 24 heavy (non-hydrogen) atoms. The summed E-state index contributed by atoms with van der Waals surface area (Å²) in [4.78, 5) is 10.6. The topological polar surface area (TPSA) is 92.8 Å². The van der Waals surface area contributed by atoms with Crippen LogP contribution in [-0.4, -0.2) is 34.9 Å². The van der Waals surface area contributed by atoms with Gasteiger partial charge in [0.05, 0.1) is 6.61 Å². The maximum Gasteiger partial charge on any atom is 0.329 e. The number of hydrogen-bond acceptors (Lipinski definition) is 4. The molecule has 0 aliphatic carbocycles. The molecular formula is C19H25NO4. The summed E-state index contributed by atoms with van der Waals surface area (Å²) in [5, 5.41) is 17.0. The Balaban J connectivity index is 0.000000413. The summed E-state index contributed by atoms with van der Waals surface area (Å²) in [6.07, 6.45) is -0.344. The molecule has 4 N–H and O–H groups in total. The van der Waals surface area contributed by atoms with Gasteiger partial charge in [0.2, 0.25) is 0 Å². The molecule has 0 bridgehead atoms. The molecule has 0 spiro atoms. The zero-order valence-corrected chi connectivity index (χ0v) is 14.1. The van der Waals surface area contributed by atoms with Gasteiger partial charge in [0.25, 0.3) is 0 Å². The molecule has 0 fully saturated rings. The lowest BCUT2D eigenvalue weighted by Gasteiger charge is -2.17. The second-order valence-corrected chi connectivity index (χ2v) is 6.05. The minimum absolute atomic E-state index is 0.0486. The molecule has 0 atom stereocenters. The maximum absolute atomic E-state index is 10.6. The Morgan fingerprint density at radius 1 is 1.04 bits per heavy atom. The van der Waals surface area contributed by atoms with Crippen LogP contribution in [0, 0.1) is 0 Å². The number of nitrogens with two attached hydrogens (primary N) is 1. The zero-order valence-electron chi connectivity index (χ0n) is 14.1. The zero-order chi connectivity index (χ0) is 18.0. The predicted molar refractivity (Wildman–Crippen MR) is 93.7 cm³/mol. The average molecular weight is 331 g/mol. The number of ether oxygens (including phenoxy) is 1. The molecule has 0 saturated heterocycles. The van der Waals surface area contributed by atoms with E-state index in [-0.39, 0.29) is 19.3 Å². The Bertz CT molecular complexity index is 554. The van der Waals surface area contributed by atoms with Crippen molar-refractivity contribution in [1.29, 1.82) is 0 Å². The van der Waals surface area contributed by atoms with Crippen LogP contribution in [0.3, 0.4) is 0 Å². The molecule has 0 aliphatic heterocycles. The summed E-state index contributed by atoms with van der Waals surface area (Å²) in [5.41, 5.74) is 6.78. The van der Waals surface area contributed by atoms with E-state index in [1.165, 1.54) is 0 Å². The van der Waals surface area contributed by atoms with E-state index >= 15 is 0 Å². The molecule has 0 unspecified atom stereocenters. The van der Waals surface area contributed by atoms with Crippen LogP contribution < -0.4 is 5.73 Å². The molecule has 0 aromatic heterocycles. The van der Waals surface area contributed by atoms with Gasteiger partial charge in [-0.15, -0.1) is 0 Å². The average Bonchev–Trinajstić information content (AvgIpc) is 2.57. The van der Waals surface area contributed by atoms with Gasteiger partial charge in [-0.2, -0.15) is 0 Å². The van der Waals surface area contributed by atoms with Crippen LogP contribution >= 0.6 is 0 Å². The molecule has 2 aromatic carbocycles. The fourth-order valence-corrected chi connectivity index (χ4v) is 1.80. The number of carboxylic acid groups (broad SMARTS) is 1. The first-order valence-corrected chi connectivity index (χ1v) is 7.66. The molecule has 2 rings (SSSR count). The highest BCUT2D eigenvalue weighted by Gasteiger charge is 2.15. The van der Waals surface area contributed by atoms with Crippen LogP contribution in [0.25, 0.3) is 0 Å². The van der Waals surface area contributed by atoms with Gasteiger partial charge in [0.1, 0.15) is 12.7 Å². The standard InChI is InChI=1S/C15H14O3.C4H11NO/c16-14(17)11-18-15(12-7-3-1-4-8-12)13-9-5-2-6-10-13;1-4(2,5)3-6/h1-10,15H,11H2,(H,16,17);6H,3,5H2,1-2H3. The first kappa shape index (κ1) is 19.8. The molecule has 5 nitrogen and oxygen atoms in total. The lowest BCUT2D eigenvalue weighted by molar-refractivity contribution is -0.143. The van der Waals surface area contributed by atoms with Gasteiger partial charge in [0, 0.05) is 5.54 Å². The number of benzene rings is 2. The maximum atomic E-state index is 10.6. The normalized spacial score (nSPS) is 10.9. The van der Waals surface area contributed by atoms with Crippen molar-refractivity contribution in [3.8, 4) is 0 Å². The third-order valence-electron chi connectivity index (χ3n) is 2.99. The van der Waals surface area contributed by atoms with Crippen LogP contribution in [0.1, 0.15) is 31.1 Å². The number of carbonyl (C=O) groups is 1. The van der Waals surface area contributed by atoms with Gasteiger partial charge < -0.3 is 20.7 Å². The quantitative estimate of drug-likeness (QED) is 0.756. The minimum Gasteiger partial charge on any atom is -0.480 e. The van der Waals surface area contributed by atoms with Crippen LogP contribution in [0.4, 0.5) is 0 Å². The summed E-state index contributed by atoms with van der Waals surface area (Å²) in [6, 6.07) is 19.2. The SMILES string of the molecule is CC(C)(N)CO.O=C(O)COC(c1ccccc1)c1ccccc1. The molecule has 5 heteroatoms. The van der Waals surface area contributed by atoms with E-state index in [0.717, 1.165) is 11.1 Å². The number of hydrogen-bond donors (Lipinski definition) is 3. The van der Waals surface area contributed by atoms with Crippen molar-refractivity contribution in [2.24, 2.45) is 5.73 Å². The third kappa shape index (κ3) is 7.87. The fourth-order valence-electron chi connectivity index (χ4n) is 1.80. The highest BCUT2D eigenvalue weighted by atomic mass is 16.5. The van der Waals surface area contributed by atoms with E-state index in [1.54, 1.807) is 13.8 Å². The lowest BCUT2D eigenvalue weighted by atomic mass is 10.0. The summed E-state index contributed by atoms with van der Waals surface area (Å²) in [7, 11) is 0. The van der Waals surface area contributed by atoms with Gasteiger partial charge in [-0.05, 0) is 25.0 Å². The summed E-state index contributed by atoms with van der Waals surface area (Å²) < 4.78 is 5.48. The Hall–Kier alpha value is -2.21. The van der Waals surface area contributed by atoms with E-state index in [9.17, 15) is 4.79 Å². The fraction of sp³-hybridized carbons (Fsp3) is 0.316. The monoisotopic (exact) mass is 331 g/mol. The van der Waals surface area contributed by atoms with Crippen LogP contribution in [0.2, 0.25) is 0 Å². The van der Waals surface area contributed by atoms with Gasteiger partial charge in [0.15, 0.2) is 0 Å². The number of aliphatic hydroxyl groups is 1. The summed E-state index contributed by atoms with van der Waals surface area (Å²) >= 11 is 0. The lowest BCUT2D eigenvalue weighted by Crippen LogP contribution is -2.35. The van der Waals surface area contributed by atoms with Crippen molar-refractivity contribution < 1.29 is 19.7 Å². The van der Waals surface area contributed by atoms with Crippen molar-refractivity contribution in [3.05, 3.63) is 71.8 Å². The van der Waals surface area contributed by atoms with Gasteiger partial charge in [-0.25, -0.2) is 4.79 Å². The minimum atomic E-state index is -0.966. The van der Waals surface area contributed by atoms with E-state index in [4.69, 9.17) is 20.7 Å². The smallest absolute Gasteiger partial charge is 0.329 e. The highest BCUT2D eigenvalue weighted by molar-refractivity contribution is 5.68. The highest BCUT2D eigenvalue weighted by Crippen LogP contribution is 2.25. The number of aliphatic carboxylic acids is 1. The van der Waals surface area contributed by atoms with Crippen LogP contribution in [0.5, 0.6) is 0 Å². The van der Waals surface area contributed by atoms with E-state index in [1.807, 2.05) is 60.7 Å². The second-order valence-electron chi connectivity index (χ2n) is 6.05. The van der Waals surface area contributed by atoms with Crippen LogP contribution in [-0.2, 0) is 9.53 Å². The van der Waals surface area contributed by atoms with Crippen molar-refractivity contribution in [1.82, 2.24) is 0 Å². The molecular weight excluding hydrogens is 306 g/mol. The third-order valence-corrected chi connectivity index (χ3v) is 2.99. The molecule has 130 valence electrons. The van der Waals surface area contributed by atoms with Gasteiger partial charge in [-0.3, -0.25) is 0 Å². The van der Waals surface area contributed by atoms with Crippen molar-refractivity contribution in [2.45, 2.75) is 25.5 Å². The van der Waals surface area contributed by atoms with E-state index < -0.39 is 11.5 Å². The van der Waals surface area contributed by atoms with Gasteiger partial charge in [-0.1, -0.05) is 60.7 Å². The second kappa shape index (κ2) is 9.82. The summed E-state index contributed by atoms with van der Waals surface area (Å²) in [6.45, 7) is 3.28. The molecule has 0 radical (unpaired) electrons. The molecule has 0 aliphatic rings. The first-order valence-electron chi connectivity index (χ1n) is 7.66. The Morgan fingerprint density at radius 3 is 1.71 bits per heavy atom. The molecule has 2 aromatic rings. The molecule has 0 heterocycles. The first-order chi connectivity index (χ1) is 11.3. The molecule has 0 saturated carbocycles. The Labute approximate surface area is 142 Å². The Kier molecular flexibility index (Phi) is 8.12. The number of carboxylic acids is 1. The number of rotatable bonds is 6. The van der Waals surface area contributed by atoms with Crippen molar-refractivity contribution in [2.75, 3.05) is 13.2 Å². The van der Waals surface area contributed by atoms with Crippen molar-refractivity contribution in [3.63, 3.8) is 0 Å². The number of aliphatic hydroxyl groups excluding tert-OH is 1. The van der Waals surface area contributed by atoms with Gasteiger partial charge >= 0.3 is 5.97 Å².